The van der Waals surface area contributed by atoms with Crippen molar-refractivity contribution in [2.75, 3.05) is 5.32 Å². The second-order valence-electron chi connectivity index (χ2n) is 6.75. The predicted octanol–water partition coefficient (Wildman–Crippen LogP) is 4.46. The van der Waals surface area contributed by atoms with Crippen molar-refractivity contribution in [3.63, 3.8) is 0 Å². The number of nitrogens with zero attached hydrogens (tertiary/aromatic N) is 2. The van der Waals surface area contributed by atoms with Gasteiger partial charge in [-0.05, 0) is 24.3 Å². The third kappa shape index (κ3) is 3.54. The van der Waals surface area contributed by atoms with Crippen molar-refractivity contribution < 1.29 is 13.8 Å². The van der Waals surface area contributed by atoms with Gasteiger partial charge in [-0.3, -0.25) is 5.32 Å². The van der Waals surface area contributed by atoms with Gasteiger partial charge in [0.2, 0.25) is 6.04 Å². The summed E-state index contributed by atoms with van der Waals surface area (Å²) in [6.07, 6.45) is 3.93. The van der Waals surface area contributed by atoms with Crippen LogP contribution in [0.15, 0.2) is 99.6 Å². The van der Waals surface area contributed by atoms with Crippen LogP contribution in [0.5, 0.6) is 0 Å². The van der Waals surface area contributed by atoms with Gasteiger partial charge >= 0.3 is 11.7 Å². The van der Waals surface area contributed by atoms with Gasteiger partial charge in [-0.1, -0.05) is 60.3 Å². The number of anilines is 1. The number of hydrogen-bond acceptors (Lipinski definition) is 5. The van der Waals surface area contributed by atoms with Crippen LogP contribution >= 0.6 is 11.8 Å². The lowest BCUT2D eigenvalue weighted by Gasteiger charge is -2.06. The molecule has 0 saturated heterocycles. The summed E-state index contributed by atoms with van der Waals surface area (Å²) in [5, 5.41) is 4.13. The van der Waals surface area contributed by atoms with Crippen molar-refractivity contribution in [2.24, 2.45) is 0 Å². The lowest BCUT2D eigenvalue weighted by atomic mass is 10.1. The number of furan rings is 1. The van der Waals surface area contributed by atoms with Crippen molar-refractivity contribution in [1.29, 1.82) is 0 Å². The monoisotopic (exact) mass is 400 g/mol. The summed E-state index contributed by atoms with van der Waals surface area (Å²) in [6.45, 7) is 0. The van der Waals surface area contributed by atoms with Crippen molar-refractivity contribution in [2.45, 2.75) is 22.4 Å². The fourth-order valence-electron chi connectivity index (χ4n) is 3.37. The van der Waals surface area contributed by atoms with Crippen molar-refractivity contribution in [3.05, 3.63) is 91.0 Å². The van der Waals surface area contributed by atoms with E-state index in [0.717, 1.165) is 32.8 Å². The topological polar surface area (TPSA) is 59.0 Å². The average Bonchev–Trinajstić information content (AvgIpc) is 3.38. The molecule has 2 aromatic heterocycles. The molecule has 0 amide bonds. The first-order chi connectivity index (χ1) is 14.3. The highest BCUT2D eigenvalue weighted by molar-refractivity contribution is 7.99. The number of rotatable bonds is 5. The molecule has 0 saturated carbocycles. The zero-order chi connectivity index (χ0) is 19.6. The summed E-state index contributed by atoms with van der Waals surface area (Å²) < 4.78 is 7.13. The highest BCUT2D eigenvalue weighted by Gasteiger charge is 2.41. The maximum absolute atomic E-state index is 13.1. The Balaban J connectivity index is 1.56. The molecule has 1 aliphatic heterocycles. The number of carbonyl (C=O) groups is 1. The second-order valence-corrected chi connectivity index (χ2v) is 7.81. The van der Waals surface area contributed by atoms with E-state index in [1.807, 2.05) is 79.0 Å². The van der Waals surface area contributed by atoms with Gasteiger partial charge in [0.15, 0.2) is 5.03 Å². The van der Waals surface area contributed by atoms with Crippen LogP contribution < -0.4 is 9.88 Å². The van der Waals surface area contributed by atoms with Crippen molar-refractivity contribution in [1.82, 2.24) is 4.98 Å². The number of aromatic nitrogens is 2. The fourth-order valence-corrected chi connectivity index (χ4v) is 4.28. The van der Waals surface area contributed by atoms with Crippen LogP contribution in [0.4, 0.5) is 5.82 Å². The minimum atomic E-state index is -0.385. The van der Waals surface area contributed by atoms with Gasteiger partial charge in [0.05, 0.1) is 12.7 Å². The largest absolute Gasteiger partial charge is 0.469 e. The molecule has 5 nitrogen and oxygen atoms in total. The van der Waals surface area contributed by atoms with E-state index in [9.17, 15) is 4.79 Å². The van der Waals surface area contributed by atoms with Crippen LogP contribution in [0.1, 0.15) is 10.6 Å². The van der Waals surface area contributed by atoms with Crippen LogP contribution in [0.2, 0.25) is 0 Å². The Morgan fingerprint density at radius 2 is 1.76 bits per heavy atom. The molecule has 4 aromatic rings. The lowest BCUT2D eigenvalue weighted by Crippen LogP contribution is -2.43. The molecular weight excluding hydrogens is 382 g/mol. The van der Waals surface area contributed by atoms with E-state index < -0.39 is 0 Å². The van der Waals surface area contributed by atoms with Crippen LogP contribution in [-0.4, -0.2) is 16.9 Å². The molecule has 29 heavy (non-hydrogen) atoms. The van der Waals surface area contributed by atoms with Crippen LogP contribution in [0.3, 0.4) is 0 Å². The molecule has 5 rings (SSSR count). The number of hydrogen-bond donors (Lipinski definition) is 1. The van der Waals surface area contributed by atoms with Gasteiger partial charge < -0.3 is 4.42 Å². The van der Waals surface area contributed by atoms with Gasteiger partial charge in [-0.2, -0.15) is 4.57 Å². The van der Waals surface area contributed by atoms with Gasteiger partial charge in [-0.15, -0.1) is 0 Å². The quantitative estimate of drug-likeness (QED) is 0.501. The number of benzene rings is 2. The third-order valence-electron chi connectivity index (χ3n) is 4.78. The Kier molecular flexibility index (Phi) is 4.62. The van der Waals surface area contributed by atoms with Crippen molar-refractivity contribution >= 4 is 23.5 Å². The summed E-state index contributed by atoms with van der Waals surface area (Å²) in [7, 11) is 0. The van der Waals surface area contributed by atoms with Gasteiger partial charge in [0.25, 0.3) is 0 Å². The first kappa shape index (κ1) is 17.7. The summed E-state index contributed by atoms with van der Waals surface area (Å²) in [4.78, 5) is 19.1. The molecule has 6 heteroatoms. The summed E-state index contributed by atoms with van der Waals surface area (Å²) >= 11 is 1.54. The second kappa shape index (κ2) is 7.56. The SMILES string of the molecule is O=C1C(Cc2ccco2)Nc2c(Sc3ccccc3)nc(-c3ccccc3)c[n+]21. The highest BCUT2D eigenvalue weighted by Crippen LogP contribution is 2.34. The first-order valence-electron chi connectivity index (χ1n) is 9.36. The Bertz CT molecular complexity index is 1150. The first-order valence-corrected chi connectivity index (χ1v) is 10.2. The smallest absolute Gasteiger partial charge is 0.359 e. The number of nitrogens with one attached hydrogen (secondary N) is 1. The molecule has 0 spiro atoms. The molecule has 1 unspecified atom stereocenters. The molecule has 0 aliphatic carbocycles. The molecule has 0 radical (unpaired) electrons. The highest BCUT2D eigenvalue weighted by atomic mass is 32.2. The predicted molar refractivity (Wildman–Crippen MR) is 111 cm³/mol. The van der Waals surface area contributed by atoms with E-state index in [2.05, 4.69) is 5.32 Å². The van der Waals surface area contributed by atoms with E-state index in [1.165, 1.54) is 0 Å². The van der Waals surface area contributed by atoms with Crippen LogP contribution in [0, 0.1) is 0 Å². The normalized spacial score (nSPS) is 15.2. The molecule has 0 fully saturated rings. The summed E-state index contributed by atoms with van der Waals surface area (Å²) in [5.74, 6) is 1.49. The standard InChI is InChI=1S/C23H17N3O2S/c27-23-19(14-17-10-7-13-28-17)24-21-22(29-18-11-5-2-6-12-18)25-20(15-26(21)23)16-8-3-1-4-9-16/h1-13,15,19H,14H2/p+1. The maximum atomic E-state index is 13.1. The van der Waals surface area contributed by atoms with Gasteiger partial charge in [-0.25, -0.2) is 9.78 Å². The van der Waals surface area contributed by atoms with Crippen LogP contribution in [-0.2, 0) is 6.42 Å². The van der Waals surface area contributed by atoms with E-state index in [1.54, 1.807) is 22.6 Å². The molecule has 1 N–H and O–H groups in total. The van der Waals surface area contributed by atoms with Crippen LogP contribution in [0.25, 0.3) is 11.3 Å². The zero-order valence-corrected chi connectivity index (χ0v) is 16.3. The Labute approximate surface area is 172 Å². The van der Waals surface area contributed by atoms with E-state index in [4.69, 9.17) is 9.40 Å². The Hall–Kier alpha value is -3.38. The van der Waals surface area contributed by atoms with E-state index >= 15 is 0 Å². The summed E-state index contributed by atoms with van der Waals surface area (Å²) in [5.41, 5.74) is 1.74. The third-order valence-corrected chi connectivity index (χ3v) is 5.76. The fraction of sp³-hybridized carbons (Fsp3) is 0.0870. The molecular formula is C23H18N3O2S+. The average molecular weight is 400 g/mol. The number of fused-ring (bicyclic) bond motifs is 1. The molecule has 1 aliphatic rings. The molecule has 2 aromatic carbocycles. The summed E-state index contributed by atoms with van der Waals surface area (Å²) in [6, 6.07) is 23.3. The van der Waals surface area contributed by atoms with E-state index in [-0.39, 0.29) is 11.9 Å². The van der Waals surface area contributed by atoms with Gasteiger partial charge in [0.1, 0.15) is 17.7 Å². The Morgan fingerprint density at radius 1 is 1.00 bits per heavy atom. The maximum Gasteiger partial charge on any atom is 0.359 e. The zero-order valence-electron chi connectivity index (χ0n) is 15.5. The van der Waals surface area contributed by atoms with Gasteiger partial charge in [0, 0.05) is 10.5 Å². The lowest BCUT2D eigenvalue weighted by molar-refractivity contribution is -0.554. The number of carbonyl (C=O) groups excluding carboxylic acids is 1. The minimum absolute atomic E-state index is 0.00843. The molecule has 142 valence electrons. The minimum Gasteiger partial charge on any atom is -0.469 e. The Morgan fingerprint density at radius 3 is 2.48 bits per heavy atom. The molecule has 1 atom stereocenters. The molecule has 3 heterocycles. The molecule has 0 bridgehead atoms. The van der Waals surface area contributed by atoms with E-state index in [0.29, 0.717) is 6.42 Å². The van der Waals surface area contributed by atoms with Crippen molar-refractivity contribution in [3.8, 4) is 11.3 Å².